The molecule has 1 N–H and O–H groups in total. The van der Waals surface area contributed by atoms with Crippen molar-refractivity contribution in [3.05, 3.63) is 18.2 Å². The number of rotatable bonds is 3. The maximum atomic E-state index is 12.5. The molecule has 1 aliphatic heterocycles. The van der Waals surface area contributed by atoms with Crippen LogP contribution >= 0.6 is 0 Å². The highest BCUT2D eigenvalue weighted by Crippen LogP contribution is 2.40. The molecule has 0 saturated heterocycles. The summed E-state index contributed by atoms with van der Waals surface area (Å²) in [6.07, 6.45) is 7.91. The fourth-order valence-corrected chi connectivity index (χ4v) is 3.48. The fourth-order valence-electron chi connectivity index (χ4n) is 3.48. The molecule has 2 aliphatic rings. The predicted octanol–water partition coefficient (Wildman–Crippen LogP) is 1.65. The van der Waals surface area contributed by atoms with Crippen LogP contribution in [0.3, 0.4) is 0 Å². The quantitative estimate of drug-likeness (QED) is 0.918. The van der Waals surface area contributed by atoms with Gasteiger partial charge in [0.25, 0.3) is 0 Å². The molecular weight excluding hydrogens is 270 g/mol. The molecule has 1 aromatic heterocycles. The number of carboxylic acids is 1. The van der Waals surface area contributed by atoms with Gasteiger partial charge in [0.05, 0.1) is 12.0 Å². The lowest BCUT2D eigenvalue weighted by atomic mass is 9.71. The molecule has 2 heterocycles. The number of imidazole rings is 1. The molecule has 21 heavy (non-hydrogen) atoms. The number of carbonyl (C=O) groups is 2. The Balaban J connectivity index is 1.69. The summed E-state index contributed by atoms with van der Waals surface area (Å²) in [6, 6.07) is 0. The van der Waals surface area contributed by atoms with E-state index in [1.54, 1.807) is 11.1 Å². The van der Waals surface area contributed by atoms with Crippen LogP contribution in [0.5, 0.6) is 0 Å². The van der Waals surface area contributed by atoms with Crippen LogP contribution in [0.15, 0.2) is 12.4 Å². The lowest BCUT2D eigenvalue weighted by Gasteiger charge is -2.35. The SMILES string of the molecule is O=C(CC1(C(=O)O)CCCCC1)N1CCn2ccnc2C1. The zero-order valence-corrected chi connectivity index (χ0v) is 12.1. The van der Waals surface area contributed by atoms with E-state index in [0.717, 1.165) is 31.6 Å². The Bertz CT molecular complexity index is 546. The summed E-state index contributed by atoms with van der Waals surface area (Å²) in [5, 5.41) is 9.57. The number of nitrogens with zero attached hydrogens (tertiary/aromatic N) is 3. The largest absolute Gasteiger partial charge is 0.481 e. The maximum Gasteiger partial charge on any atom is 0.310 e. The Kier molecular flexibility index (Phi) is 3.69. The van der Waals surface area contributed by atoms with Crippen molar-refractivity contribution in [2.45, 2.75) is 51.6 Å². The molecule has 0 atom stereocenters. The van der Waals surface area contributed by atoms with Gasteiger partial charge in [-0.25, -0.2) is 4.98 Å². The minimum absolute atomic E-state index is 0.0476. The van der Waals surface area contributed by atoms with E-state index in [0.29, 0.717) is 25.9 Å². The summed E-state index contributed by atoms with van der Waals surface area (Å²) < 4.78 is 2.04. The zero-order valence-electron chi connectivity index (χ0n) is 12.1. The molecule has 1 aliphatic carbocycles. The Morgan fingerprint density at radius 1 is 1.24 bits per heavy atom. The highest BCUT2D eigenvalue weighted by molar-refractivity contribution is 5.85. The maximum absolute atomic E-state index is 12.5. The first-order chi connectivity index (χ1) is 10.1. The van der Waals surface area contributed by atoms with Gasteiger partial charge in [0, 0.05) is 31.9 Å². The molecule has 3 rings (SSSR count). The van der Waals surface area contributed by atoms with Gasteiger partial charge in [-0.05, 0) is 12.8 Å². The lowest BCUT2D eigenvalue weighted by Crippen LogP contribution is -2.43. The lowest BCUT2D eigenvalue weighted by molar-refractivity contribution is -0.156. The number of fused-ring (bicyclic) bond motifs is 1. The van der Waals surface area contributed by atoms with Crippen molar-refractivity contribution in [2.75, 3.05) is 6.54 Å². The third-order valence-corrected chi connectivity index (χ3v) is 4.85. The fraction of sp³-hybridized carbons (Fsp3) is 0.667. The number of hydrogen-bond donors (Lipinski definition) is 1. The van der Waals surface area contributed by atoms with Crippen molar-refractivity contribution in [3.8, 4) is 0 Å². The first-order valence-corrected chi connectivity index (χ1v) is 7.62. The predicted molar refractivity (Wildman–Crippen MR) is 75.4 cm³/mol. The van der Waals surface area contributed by atoms with E-state index in [2.05, 4.69) is 4.98 Å². The van der Waals surface area contributed by atoms with Crippen LogP contribution in [0.1, 0.15) is 44.3 Å². The van der Waals surface area contributed by atoms with Gasteiger partial charge in [-0.1, -0.05) is 19.3 Å². The van der Waals surface area contributed by atoms with E-state index in [4.69, 9.17) is 0 Å². The summed E-state index contributed by atoms with van der Waals surface area (Å²) >= 11 is 0. The number of aliphatic carboxylic acids is 1. The van der Waals surface area contributed by atoms with E-state index in [9.17, 15) is 14.7 Å². The molecule has 0 radical (unpaired) electrons. The number of aromatic nitrogens is 2. The topological polar surface area (TPSA) is 75.4 Å². The third-order valence-electron chi connectivity index (χ3n) is 4.85. The van der Waals surface area contributed by atoms with E-state index in [1.807, 2.05) is 10.8 Å². The highest BCUT2D eigenvalue weighted by Gasteiger charge is 2.42. The van der Waals surface area contributed by atoms with Gasteiger partial charge < -0.3 is 14.6 Å². The van der Waals surface area contributed by atoms with Crippen LogP contribution in [0.25, 0.3) is 0 Å². The van der Waals surface area contributed by atoms with Crippen LogP contribution in [0.4, 0.5) is 0 Å². The highest BCUT2D eigenvalue weighted by atomic mass is 16.4. The Morgan fingerprint density at radius 2 is 2.00 bits per heavy atom. The summed E-state index contributed by atoms with van der Waals surface area (Å²) in [7, 11) is 0. The van der Waals surface area contributed by atoms with Crippen LogP contribution in [0, 0.1) is 5.41 Å². The molecule has 0 unspecified atom stereocenters. The second-order valence-electron chi connectivity index (χ2n) is 6.18. The molecule has 1 fully saturated rings. The molecular formula is C15H21N3O3. The Hall–Kier alpha value is -1.85. The second kappa shape index (κ2) is 5.50. The number of carbonyl (C=O) groups excluding carboxylic acids is 1. The van der Waals surface area contributed by atoms with Crippen LogP contribution in [-0.2, 0) is 22.7 Å². The summed E-state index contributed by atoms with van der Waals surface area (Å²) in [4.78, 5) is 30.2. The zero-order chi connectivity index (χ0) is 14.9. The van der Waals surface area contributed by atoms with E-state index >= 15 is 0 Å². The first-order valence-electron chi connectivity index (χ1n) is 7.62. The number of amides is 1. The average molecular weight is 291 g/mol. The van der Waals surface area contributed by atoms with Gasteiger partial charge in [0.2, 0.25) is 5.91 Å². The van der Waals surface area contributed by atoms with Crippen molar-refractivity contribution in [2.24, 2.45) is 5.41 Å². The molecule has 0 bridgehead atoms. The summed E-state index contributed by atoms with van der Waals surface area (Å²) in [5.74, 6) is 0.0187. The van der Waals surface area contributed by atoms with Crippen molar-refractivity contribution >= 4 is 11.9 Å². The van der Waals surface area contributed by atoms with Crippen LogP contribution < -0.4 is 0 Å². The van der Waals surface area contributed by atoms with Gasteiger partial charge in [-0.3, -0.25) is 9.59 Å². The van der Waals surface area contributed by atoms with Crippen molar-refractivity contribution < 1.29 is 14.7 Å². The smallest absolute Gasteiger partial charge is 0.310 e. The molecule has 1 aromatic rings. The molecule has 6 nitrogen and oxygen atoms in total. The van der Waals surface area contributed by atoms with Crippen molar-refractivity contribution in [1.29, 1.82) is 0 Å². The van der Waals surface area contributed by atoms with Gasteiger partial charge in [0.1, 0.15) is 5.82 Å². The molecule has 1 amide bonds. The summed E-state index contributed by atoms with van der Waals surface area (Å²) in [5.41, 5.74) is -0.845. The van der Waals surface area contributed by atoms with E-state index in [1.165, 1.54) is 0 Å². The molecule has 1 saturated carbocycles. The Labute approximate surface area is 123 Å². The molecule has 0 spiro atoms. The van der Waals surface area contributed by atoms with Crippen LogP contribution in [-0.4, -0.2) is 38.0 Å². The van der Waals surface area contributed by atoms with Gasteiger partial charge in [-0.2, -0.15) is 0 Å². The molecule has 0 aromatic carbocycles. The van der Waals surface area contributed by atoms with Crippen LogP contribution in [0.2, 0.25) is 0 Å². The van der Waals surface area contributed by atoms with E-state index < -0.39 is 11.4 Å². The molecule has 114 valence electrons. The Morgan fingerprint density at radius 3 is 2.71 bits per heavy atom. The van der Waals surface area contributed by atoms with Gasteiger partial charge >= 0.3 is 5.97 Å². The van der Waals surface area contributed by atoms with E-state index in [-0.39, 0.29) is 12.3 Å². The van der Waals surface area contributed by atoms with Gasteiger partial charge in [0.15, 0.2) is 0 Å². The van der Waals surface area contributed by atoms with Crippen molar-refractivity contribution in [3.63, 3.8) is 0 Å². The second-order valence-corrected chi connectivity index (χ2v) is 6.18. The van der Waals surface area contributed by atoms with Gasteiger partial charge in [-0.15, -0.1) is 0 Å². The third kappa shape index (κ3) is 2.66. The minimum atomic E-state index is -0.845. The minimum Gasteiger partial charge on any atom is -0.481 e. The normalized spacial score (nSPS) is 20.9. The average Bonchev–Trinajstić information content (AvgIpc) is 2.95. The standard InChI is InChI=1S/C15H21N3O3/c19-13(10-15(14(20)21)4-2-1-3-5-15)18-9-8-17-7-6-16-12(17)11-18/h6-7H,1-5,8-11H2,(H,20,21). The summed E-state index contributed by atoms with van der Waals surface area (Å²) in [6.45, 7) is 1.86. The number of hydrogen-bond acceptors (Lipinski definition) is 3. The van der Waals surface area contributed by atoms with Crippen molar-refractivity contribution in [1.82, 2.24) is 14.5 Å². The first kappa shape index (κ1) is 14.1. The number of carboxylic acid groups (broad SMARTS) is 1. The molecule has 6 heteroatoms. The monoisotopic (exact) mass is 291 g/mol.